The summed E-state index contributed by atoms with van der Waals surface area (Å²) in [6.45, 7) is 7.79. The van der Waals surface area contributed by atoms with Gasteiger partial charge in [0.25, 0.3) is 0 Å². The summed E-state index contributed by atoms with van der Waals surface area (Å²) in [4.78, 5) is 25.0. The van der Waals surface area contributed by atoms with E-state index in [1.54, 1.807) is 37.7 Å². The molecule has 4 rings (SSSR count). The number of aryl methyl sites for hydroxylation is 1. The van der Waals surface area contributed by atoms with Crippen molar-refractivity contribution in [1.82, 2.24) is 19.3 Å². The molecule has 2 heterocycles. The summed E-state index contributed by atoms with van der Waals surface area (Å²) in [5.41, 5.74) is 3.54. The number of fused-ring (bicyclic) bond motifs is 1. The minimum Gasteiger partial charge on any atom is -0.495 e. The zero-order chi connectivity index (χ0) is 26.3. The van der Waals surface area contributed by atoms with Gasteiger partial charge >= 0.3 is 12.1 Å². The van der Waals surface area contributed by atoms with Crippen molar-refractivity contribution >= 4 is 29.2 Å². The number of hydrogen-bond donors (Lipinski definition) is 0. The fourth-order valence-electron chi connectivity index (χ4n) is 3.61. The second-order valence-electron chi connectivity index (χ2n) is 9.28. The molecule has 0 spiro atoms. The molecule has 10 heteroatoms. The summed E-state index contributed by atoms with van der Waals surface area (Å²) < 4.78 is 47.2. The molecule has 0 aliphatic heterocycles. The Morgan fingerprint density at radius 2 is 1.81 bits per heavy atom. The molecule has 0 saturated carbocycles. The second kappa shape index (κ2) is 9.18. The van der Waals surface area contributed by atoms with Gasteiger partial charge in [-0.2, -0.15) is 17.9 Å². The van der Waals surface area contributed by atoms with Gasteiger partial charge in [0.15, 0.2) is 5.82 Å². The molecule has 0 bridgehead atoms. The predicted octanol–water partition coefficient (Wildman–Crippen LogP) is 5.52. The summed E-state index contributed by atoms with van der Waals surface area (Å²) in [6, 6.07) is 10.6. The average Bonchev–Trinajstić information content (AvgIpc) is 3.39. The topological polar surface area (TPSA) is 71.2 Å². The normalized spacial score (nSPS) is 12.4. The van der Waals surface area contributed by atoms with Crippen LogP contribution >= 0.6 is 0 Å². The molecule has 0 fully saturated rings. The average molecular weight is 499 g/mol. The van der Waals surface area contributed by atoms with Crippen molar-refractivity contribution in [3.8, 4) is 11.4 Å². The van der Waals surface area contributed by atoms with Crippen molar-refractivity contribution in [2.45, 2.75) is 39.3 Å². The third-order valence-corrected chi connectivity index (χ3v) is 5.53. The molecule has 36 heavy (non-hydrogen) atoms. The van der Waals surface area contributed by atoms with Crippen LogP contribution in [0.5, 0.6) is 5.75 Å². The minimum atomic E-state index is -5.16. The highest BCUT2D eigenvalue weighted by molar-refractivity contribution is 5.83. The van der Waals surface area contributed by atoms with Crippen molar-refractivity contribution in [2.75, 3.05) is 7.11 Å². The Kier molecular flexibility index (Phi) is 6.38. The molecule has 7 nitrogen and oxygen atoms in total. The van der Waals surface area contributed by atoms with Gasteiger partial charge in [-0.15, -0.1) is 0 Å². The molecule has 0 aliphatic carbocycles. The Balaban J connectivity index is 1.76. The van der Waals surface area contributed by atoms with Crippen molar-refractivity contribution < 1.29 is 27.5 Å². The molecular formula is C26H25F3N4O3. The Bertz CT molecular complexity index is 1460. The molecule has 188 valence electrons. The number of benzene rings is 2. The second-order valence-corrected chi connectivity index (χ2v) is 9.28. The van der Waals surface area contributed by atoms with Gasteiger partial charge in [0.2, 0.25) is 0 Å². The van der Waals surface area contributed by atoms with E-state index in [9.17, 15) is 18.0 Å². The van der Waals surface area contributed by atoms with E-state index in [4.69, 9.17) is 9.57 Å². The fourth-order valence-corrected chi connectivity index (χ4v) is 3.61. The Morgan fingerprint density at radius 1 is 1.06 bits per heavy atom. The number of carbonyl (C=O) groups excluding carboxylic acids is 1. The summed E-state index contributed by atoms with van der Waals surface area (Å²) in [5, 5.41) is 0. The monoisotopic (exact) mass is 498 g/mol. The van der Waals surface area contributed by atoms with Crippen molar-refractivity contribution in [1.29, 1.82) is 0 Å². The molecule has 0 N–H and O–H groups in total. The van der Waals surface area contributed by atoms with Crippen molar-refractivity contribution in [3.05, 3.63) is 71.6 Å². The maximum absolute atomic E-state index is 13.0. The van der Waals surface area contributed by atoms with Gasteiger partial charge in [-0.1, -0.05) is 39.0 Å². The summed E-state index contributed by atoms with van der Waals surface area (Å²) in [5.74, 6) is -1.73. The van der Waals surface area contributed by atoms with Crippen LogP contribution in [-0.2, 0) is 10.2 Å². The summed E-state index contributed by atoms with van der Waals surface area (Å²) in [6.07, 6.45) is 1.50. The quantitative estimate of drug-likeness (QED) is 0.362. The van der Waals surface area contributed by atoms with Gasteiger partial charge in [-0.25, -0.2) is 14.8 Å². The van der Waals surface area contributed by atoms with Gasteiger partial charge < -0.3 is 14.1 Å². The smallest absolute Gasteiger partial charge is 0.493 e. The molecule has 0 amide bonds. The van der Waals surface area contributed by atoms with Gasteiger partial charge in [0.05, 0.1) is 30.3 Å². The van der Waals surface area contributed by atoms with Gasteiger partial charge in [0, 0.05) is 6.20 Å². The van der Waals surface area contributed by atoms with Crippen LogP contribution in [-0.4, -0.2) is 38.5 Å². The first kappa shape index (κ1) is 25.0. The highest BCUT2D eigenvalue weighted by Gasteiger charge is 2.42. The standard InChI is InChI=1S/C26H25F3N4O3/c1-16-14-32(15-30-16)20-10-6-17(12-22(20)35-5)7-11-23-31-19-9-8-18(25(2,3)4)13-21(19)33(23)36-24(34)26(27,28)29/h6-15H,1-5H3. The number of carbonyl (C=O) groups is 1. The van der Waals surface area contributed by atoms with Gasteiger partial charge in [-0.05, 0) is 53.8 Å². The highest BCUT2D eigenvalue weighted by Crippen LogP contribution is 2.29. The fraction of sp³-hybridized carbons (Fsp3) is 0.269. The lowest BCUT2D eigenvalue weighted by Crippen LogP contribution is -2.33. The van der Waals surface area contributed by atoms with E-state index < -0.39 is 12.1 Å². The number of hydrogen-bond acceptors (Lipinski definition) is 5. The number of imidazole rings is 2. The van der Waals surface area contributed by atoms with Crippen LogP contribution in [0.2, 0.25) is 0 Å². The number of methoxy groups -OCH3 is 1. The van der Waals surface area contributed by atoms with E-state index in [1.807, 2.05) is 56.7 Å². The van der Waals surface area contributed by atoms with E-state index in [2.05, 4.69) is 9.97 Å². The number of aromatic nitrogens is 4. The van der Waals surface area contributed by atoms with Crippen molar-refractivity contribution in [2.24, 2.45) is 0 Å². The molecule has 0 atom stereocenters. The molecular weight excluding hydrogens is 473 g/mol. The van der Waals surface area contributed by atoms with Gasteiger partial charge in [-0.3, -0.25) is 0 Å². The number of ether oxygens (including phenoxy) is 1. The van der Waals surface area contributed by atoms with Crippen LogP contribution < -0.4 is 9.57 Å². The Labute approximate surface area is 205 Å². The lowest BCUT2D eigenvalue weighted by Gasteiger charge is -2.19. The zero-order valence-corrected chi connectivity index (χ0v) is 20.4. The number of halogens is 3. The predicted molar refractivity (Wildman–Crippen MR) is 130 cm³/mol. The Morgan fingerprint density at radius 3 is 2.42 bits per heavy atom. The first-order valence-corrected chi connectivity index (χ1v) is 11.1. The maximum Gasteiger partial charge on any atom is 0.493 e. The van der Waals surface area contributed by atoms with E-state index in [-0.39, 0.29) is 16.8 Å². The molecule has 0 unspecified atom stereocenters. The number of alkyl halides is 3. The largest absolute Gasteiger partial charge is 0.495 e. The third-order valence-electron chi connectivity index (χ3n) is 5.53. The lowest BCUT2D eigenvalue weighted by molar-refractivity contribution is -0.199. The van der Waals surface area contributed by atoms with Crippen LogP contribution in [0.1, 0.15) is 43.4 Å². The molecule has 0 aliphatic rings. The van der Waals surface area contributed by atoms with Crippen LogP contribution in [0.4, 0.5) is 13.2 Å². The van der Waals surface area contributed by atoms with Crippen molar-refractivity contribution in [3.63, 3.8) is 0 Å². The van der Waals surface area contributed by atoms with E-state index in [0.717, 1.165) is 21.7 Å². The Hall–Kier alpha value is -4.08. The highest BCUT2D eigenvalue weighted by atomic mass is 19.4. The summed E-state index contributed by atoms with van der Waals surface area (Å²) >= 11 is 0. The number of nitrogens with zero attached hydrogens (tertiary/aromatic N) is 4. The van der Waals surface area contributed by atoms with Crippen LogP contribution in [0, 0.1) is 6.92 Å². The molecule has 0 saturated heterocycles. The first-order valence-electron chi connectivity index (χ1n) is 11.1. The van der Waals surface area contributed by atoms with E-state index >= 15 is 0 Å². The first-order chi connectivity index (χ1) is 16.9. The van der Waals surface area contributed by atoms with Crippen LogP contribution in [0.25, 0.3) is 28.9 Å². The SMILES string of the molecule is COc1cc(C=Cc2nc3ccc(C(C)(C)C)cc3n2OC(=O)C(F)(F)F)ccc1-n1cnc(C)c1. The lowest BCUT2D eigenvalue weighted by atomic mass is 9.87. The molecule has 2 aromatic carbocycles. The van der Waals surface area contributed by atoms with Crippen LogP contribution in [0.3, 0.4) is 0 Å². The minimum absolute atomic E-state index is 0.0296. The maximum atomic E-state index is 13.0. The van der Waals surface area contributed by atoms with E-state index in [1.165, 1.54) is 6.08 Å². The molecule has 4 aromatic rings. The molecule has 0 radical (unpaired) electrons. The van der Waals surface area contributed by atoms with Crippen LogP contribution in [0.15, 0.2) is 48.9 Å². The van der Waals surface area contributed by atoms with Gasteiger partial charge in [0.1, 0.15) is 11.3 Å². The third kappa shape index (κ3) is 5.12. The molecule has 2 aromatic heterocycles. The zero-order valence-electron chi connectivity index (χ0n) is 20.4. The van der Waals surface area contributed by atoms with E-state index in [0.29, 0.717) is 16.8 Å². The number of rotatable bonds is 5. The summed E-state index contributed by atoms with van der Waals surface area (Å²) in [7, 11) is 1.54.